The van der Waals surface area contributed by atoms with E-state index >= 15 is 0 Å². The van der Waals surface area contributed by atoms with Crippen LogP contribution in [0.3, 0.4) is 0 Å². The molecule has 0 fully saturated rings. The first-order valence-corrected chi connectivity index (χ1v) is 12.1. The van der Waals surface area contributed by atoms with Gasteiger partial charge in [0.15, 0.2) is 0 Å². The summed E-state index contributed by atoms with van der Waals surface area (Å²) in [6.45, 7) is 8.56. The quantitative estimate of drug-likeness (QED) is 0.247. The summed E-state index contributed by atoms with van der Waals surface area (Å²) < 4.78 is 0. The Hall–Kier alpha value is -3.84. The van der Waals surface area contributed by atoms with E-state index in [2.05, 4.69) is 147 Å². The van der Waals surface area contributed by atoms with E-state index in [1.54, 1.807) is 0 Å². The van der Waals surface area contributed by atoms with Crippen LogP contribution in [0.1, 0.15) is 41.7 Å². The van der Waals surface area contributed by atoms with Gasteiger partial charge in [0.2, 0.25) is 0 Å². The molecule has 1 nitrogen and oxygen atoms in total. The van der Waals surface area contributed by atoms with Crippen molar-refractivity contribution in [1.29, 1.82) is 0 Å². The fourth-order valence-electron chi connectivity index (χ4n) is 4.39. The van der Waals surface area contributed by atoms with Crippen LogP contribution in [0.5, 0.6) is 0 Å². The van der Waals surface area contributed by atoms with E-state index in [1.165, 1.54) is 44.7 Å². The Labute approximate surface area is 204 Å². The average Bonchev–Trinajstić information content (AvgIpc) is 2.89. The number of nitrogens with zero attached hydrogens (tertiary/aromatic N) is 1. The summed E-state index contributed by atoms with van der Waals surface area (Å²) in [5, 5.41) is 0. The van der Waals surface area contributed by atoms with Crippen LogP contribution in [0.2, 0.25) is 0 Å². The Morgan fingerprint density at radius 3 is 1.53 bits per heavy atom. The maximum absolute atomic E-state index is 2.39. The molecule has 0 aromatic heterocycles. The number of hydrogen-bond acceptors (Lipinski definition) is 1. The second kappa shape index (κ2) is 11.3. The van der Waals surface area contributed by atoms with E-state index in [0.717, 1.165) is 13.1 Å². The van der Waals surface area contributed by atoms with Gasteiger partial charge >= 0.3 is 0 Å². The molecule has 0 aliphatic rings. The van der Waals surface area contributed by atoms with Crippen LogP contribution >= 0.6 is 0 Å². The Kier molecular flexibility index (Phi) is 7.78. The summed E-state index contributed by atoms with van der Waals surface area (Å²) in [6, 6.07) is 39.0. The molecule has 4 aromatic rings. The molecule has 0 amide bonds. The summed E-state index contributed by atoms with van der Waals surface area (Å²) in [4.78, 5) is 2.39. The minimum absolute atomic E-state index is 0.996. The molecular weight excluding hydrogens is 410 g/mol. The molecule has 0 aliphatic heterocycles. The second-order valence-electron chi connectivity index (χ2n) is 8.48. The van der Waals surface area contributed by atoms with Crippen molar-refractivity contribution in [2.24, 2.45) is 0 Å². The first-order valence-electron chi connectivity index (χ1n) is 12.1. The SMILES string of the molecule is CCN(CC)c1cccc(C(=CC=C(c2ccccc2)c2cccc(C)c2)c2ccccc2)c1. The molecule has 0 aliphatic carbocycles. The van der Waals surface area contributed by atoms with Crippen molar-refractivity contribution in [3.8, 4) is 0 Å². The number of aryl methyl sites for hydroxylation is 1. The topological polar surface area (TPSA) is 3.24 Å². The highest BCUT2D eigenvalue weighted by molar-refractivity contribution is 5.87. The van der Waals surface area contributed by atoms with Gasteiger partial charge in [0, 0.05) is 18.8 Å². The molecule has 0 saturated heterocycles. The lowest BCUT2D eigenvalue weighted by Gasteiger charge is -2.22. The van der Waals surface area contributed by atoms with Gasteiger partial charge in [0.05, 0.1) is 0 Å². The summed E-state index contributed by atoms with van der Waals surface area (Å²) in [6.07, 6.45) is 4.55. The molecule has 0 atom stereocenters. The third kappa shape index (κ3) is 5.55. The van der Waals surface area contributed by atoms with Crippen molar-refractivity contribution in [3.05, 3.63) is 149 Å². The van der Waals surface area contributed by atoms with Crippen LogP contribution < -0.4 is 4.90 Å². The summed E-state index contributed by atoms with van der Waals surface area (Å²) in [5.74, 6) is 0. The van der Waals surface area contributed by atoms with Crippen LogP contribution in [0.4, 0.5) is 5.69 Å². The third-order valence-electron chi connectivity index (χ3n) is 6.20. The molecule has 0 N–H and O–H groups in total. The van der Waals surface area contributed by atoms with E-state index in [1.807, 2.05) is 0 Å². The van der Waals surface area contributed by atoms with Gasteiger partial charge in [-0.05, 0) is 66.3 Å². The molecule has 0 unspecified atom stereocenters. The lowest BCUT2D eigenvalue weighted by molar-refractivity contribution is 0.866. The predicted octanol–water partition coefficient (Wildman–Crippen LogP) is 8.40. The Bertz CT molecular complexity index is 1260. The van der Waals surface area contributed by atoms with Gasteiger partial charge in [0.1, 0.15) is 0 Å². The highest BCUT2D eigenvalue weighted by Crippen LogP contribution is 2.30. The van der Waals surface area contributed by atoms with E-state index in [-0.39, 0.29) is 0 Å². The van der Waals surface area contributed by atoms with Gasteiger partial charge in [-0.1, -0.05) is 115 Å². The molecule has 0 bridgehead atoms. The Balaban J connectivity index is 1.88. The number of benzene rings is 4. The minimum atomic E-state index is 0.996. The third-order valence-corrected chi connectivity index (χ3v) is 6.20. The predicted molar refractivity (Wildman–Crippen MR) is 148 cm³/mol. The number of hydrogen-bond donors (Lipinski definition) is 0. The molecule has 0 radical (unpaired) electrons. The molecule has 1 heteroatoms. The minimum Gasteiger partial charge on any atom is -0.372 e. The number of allylic oxidation sites excluding steroid dienone is 2. The van der Waals surface area contributed by atoms with Crippen LogP contribution in [-0.2, 0) is 0 Å². The van der Waals surface area contributed by atoms with Gasteiger partial charge in [-0.3, -0.25) is 0 Å². The fraction of sp³-hybridized carbons (Fsp3) is 0.152. The van der Waals surface area contributed by atoms with E-state index < -0.39 is 0 Å². The molecule has 170 valence electrons. The molecule has 0 spiro atoms. The van der Waals surface area contributed by atoms with Gasteiger partial charge in [-0.25, -0.2) is 0 Å². The Morgan fingerprint density at radius 2 is 1.03 bits per heavy atom. The first kappa shape index (κ1) is 23.3. The first-order chi connectivity index (χ1) is 16.7. The largest absolute Gasteiger partial charge is 0.372 e. The van der Waals surface area contributed by atoms with Crippen LogP contribution in [0.15, 0.2) is 121 Å². The number of rotatable bonds is 8. The fourth-order valence-corrected chi connectivity index (χ4v) is 4.39. The normalized spacial score (nSPS) is 12.0. The smallest absolute Gasteiger partial charge is 0.0372 e. The highest BCUT2D eigenvalue weighted by Gasteiger charge is 2.09. The van der Waals surface area contributed by atoms with Gasteiger partial charge < -0.3 is 4.90 Å². The molecule has 0 heterocycles. The summed E-state index contributed by atoms with van der Waals surface area (Å²) in [5.41, 5.74) is 9.85. The van der Waals surface area contributed by atoms with Gasteiger partial charge in [0.25, 0.3) is 0 Å². The maximum atomic E-state index is 2.39. The maximum Gasteiger partial charge on any atom is 0.0372 e. The zero-order valence-electron chi connectivity index (χ0n) is 20.4. The second-order valence-corrected chi connectivity index (χ2v) is 8.48. The molecule has 4 aromatic carbocycles. The van der Waals surface area contributed by atoms with Crippen molar-refractivity contribution < 1.29 is 0 Å². The monoisotopic (exact) mass is 443 g/mol. The van der Waals surface area contributed by atoms with Crippen molar-refractivity contribution in [2.75, 3.05) is 18.0 Å². The number of anilines is 1. The summed E-state index contributed by atoms with van der Waals surface area (Å²) >= 11 is 0. The van der Waals surface area contributed by atoms with Crippen LogP contribution in [0, 0.1) is 6.92 Å². The van der Waals surface area contributed by atoms with E-state index in [9.17, 15) is 0 Å². The Morgan fingerprint density at radius 1 is 0.559 bits per heavy atom. The molecular formula is C33H33N. The van der Waals surface area contributed by atoms with E-state index in [4.69, 9.17) is 0 Å². The molecule has 4 rings (SSSR count). The van der Waals surface area contributed by atoms with Crippen LogP contribution in [0.25, 0.3) is 11.1 Å². The van der Waals surface area contributed by atoms with Gasteiger partial charge in [-0.15, -0.1) is 0 Å². The van der Waals surface area contributed by atoms with Gasteiger partial charge in [-0.2, -0.15) is 0 Å². The lowest BCUT2D eigenvalue weighted by Crippen LogP contribution is -2.21. The standard InChI is InChI=1S/C33H33N/c1-4-34(5-2)31-21-13-20-30(25-31)33(28-17-10-7-11-18-28)23-22-32(27-15-8-6-9-16-27)29-19-12-14-26(3)24-29/h6-25H,4-5H2,1-3H3. The van der Waals surface area contributed by atoms with Crippen molar-refractivity contribution in [2.45, 2.75) is 20.8 Å². The highest BCUT2D eigenvalue weighted by atomic mass is 15.1. The van der Waals surface area contributed by atoms with Crippen LogP contribution in [-0.4, -0.2) is 13.1 Å². The zero-order chi connectivity index (χ0) is 23.8. The van der Waals surface area contributed by atoms with Crippen molar-refractivity contribution >= 4 is 16.8 Å². The summed E-state index contributed by atoms with van der Waals surface area (Å²) in [7, 11) is 0. The molecule has 0 saturated carbocycles. The average molecular weight is 444 g/mol. The van der Waals surface area contributed by atoms with Crippen molar-refractivity contribution in [3.63, 3.8) is 0 Å². The molecule has 34 heavy (non-hydrogen) atoms. The van der Waals surface area contributed by atoms with E-state index in [0.29, 0.717) is 0 Å². The zero-order valence-corrected chi connectivity index (χ0v) is 20.4. The lowest BCUT2D eigenvalue weighted by atomic mass is 9.93. The van der Waals surface area contributed by atoms with Crippen molar-refractivity contribution in [1.82, 2.24) is 0 Å².